The fourth-order valence-corrected chi connectivity index (χ4v) is 6.84. The Labute approximate surface area is 136 Å². The van der Waals surface area contributed by atoms with Crippen LogP contribution in [0, 0.1) is 0 Å². The van der Waals surface area contributed by atoms with Crippen LogP contribution >= 0.6 is 0 Å². The molecule has 0 aromatic heterocycles. The summed E-state index contributed by atoms with van der Waals surface area (Å²) in [6.07, 6.45) is 0. The van der Waals surface area contributed by atoms with Crippen LogP contribution in [0.25, 0.3) is 0 Å². The van der Waals surface area contributed by atoms with Gasteiger partial charge in [0.25, 0.3) is 0 Å². The van der Waals surface area contributed by atoms with E-state index >= 15 is 0 Å². The van der Waals surface area contributed by atoms with Gasteiger partial charge in [-0.2, -0.15) is 0 Å². The SMILES string of the molecule is COc1cc(C(O[Si](C)(C)C)[Si](C)(C)C)cc(OC)c1OC. The highest BCUT2D eigenvalue weighted by atomic mass is 28.4. The van der Waals surface area contributed by atoms with E-state index < -0.39 is 16.4 Å². The molecular weight excluding hydrogens is 312 g/mol. The minimum atomic E-state index is -1.67. The van der Waals surface area contributed by atoms with Crippen molar-refractivity contribution >= 4 is 16.4 Å². The second-order valence-corrected chi connectivity index (χ2v) is 17.2. The molecular formula is C16H30O4Si2. The second kappa shape index (κ2) is 7.06. The fraction of sp³-hybridized carbons (Fsp3) is 0.625. The first-order valence-electron chi connectivity index (χ1n) is 7.51. The summed E-state index contributed by atoms with van der Waals surface area (Å²) in [7, 11) is 1.66. The van der Waals surface area contributed by atoms with Crippen molar-refractivity contribution in [3.63, 3.8) is 0 Å². The van der Waals surface area contributed by atoms with Crippen molar-refractivity contribution in [1.82, 2.24) is 0 Å². The Morgan fingerprint density at radius 3 is 1.50 bits per heavy atom. The van der Waals surface area contributed by atoms with Crippen molar-refractivity contribution in [3.05, 3.63) is 17.7 Å². The lowest BCUT2D eigenvalue weighted by Crippen LogP contribution is -2.40. The highest BCUT2D eigenvalue weighted by molar-refractivity contribution is 6.78. The summed E-state index contributed by atoms with van der Waals surface area (Å²) in [5.41, 5.74) is 1.21. The van der Waals surface area contributed by atoms with Crippen LogP contribution in [0.3, 0.4) is 0 Å². The first kappa shape index (κ1) is 19.1. The van der Waals surface area contributed by atoms with Crippen LogP contribution in [0.15, 0.2) is 12.1 Å². The van der Waals surface area contributed by atoms with Crippen LogP contribution < -0.4 is 14.2 Å². The lowest BCUT2D eigenvalue weighted by Gasteiger charge is -2.35. The van der Waals surface area contributed by atoms with Crippen LogP contribution in [0.1, 0.15) is 11.3 Å². The lowest BCUT2D eigenvalue weighted by atomic mass is 10.2. The van der Waals surface area contributed by atoms with Crippen molar-refractivity contribution in [2.45, 2.75) is 45.0 Å². The first-order chi connectivity index (χ1) is 10.0. The summed E-state index contributed by atoms with van der Waals surface area (Å²) in [6.45, 7) is 13.6. The van der Waals surface area contributed by atoms with E-state index in [1.807, 2.05) is 12.1 Å². The molecule has 1 aromatic rings. The molecule has 0 aliphatic carbocycles. The van der Waals surface area contributed by atoms with Gasteiger partial charge in [0.05, 0.1) is 35.1 Å². The molecule has 6 heteroatoms. The Balaban J connectivity index is 3.42. The number of methoxy groups -OCH3 is 3. The lowest BCUT2D eigenvalue weighted by molar-refractivity contribution is 0.265. The van der Waals surface area contributed by atoms with E-state index in [0.717, 1.165) is 5.56 Å². The van der Waals surface area contributed by atoms with Crippen molar-refractivity contribution < 1.29 is 18.6 Å². The summed E-state index contributed by atoms with van der Waals surface area (Å²) >= 11 is 0. The number of ether oxygens (including phenoxy) is 3. The van der Waals surface area contributed by atoms with Gasteiger partial charge in [-0.1, -0.05) is 19.6 Å². The highest BCUT2D eigenvalue weighted by Gasteiger charge is 2.34. The van der Waals surface area contributed by atoms with Crippen molar-refractivity contribution in [1.29, 1.82) is 0 Å². The zero-order valence-electron chi connectivity index (χ0n) is 15.4. The molecule has 0 aliphatic rings. The van der Waals surface area contributed by atoms with Crippen molar-refractivity contribution in [2.24, 2.45) is 0 Å². The Hall–Kier alpha value is -0.986. The maximum Gasteiger partial charge on any atom is 0.203 e. The average Bonchev–Trinajstić information content (AvgIpc) is 2.41. The van der Waals surface area contributed by atoms with Gasteiger partial charge in [-0.3, -0.25) is 0 Å². The molecule has 0 saturated heterocycles. The highest BCUT2D eigenvalue weighted by Crippen LogP contribution is 2.42. The Morgan fingerprint density at radius 1 is 0.773 bits per heavy atom. The van der Waals surface area contributed by atoms with Gasteiger partial charge in [0.1, 0.15) is 0 Å². The normalized spacial score (nSPS) is 13.7. The van der Waals surface area contributed by atoms with Gasteiger partial charge in [-0.15, -0.1) is 0 Å². The minimum absolute atomic E-state index is 0.105. The number of hydrogen-bond acceptors (Lipinski definition) is 4. The molecule has 126 valence electrons. The second-order valence-electron chi connectivity index (χ2n) is 7.43. The molecule has 0 heterocycles. The molecule has 1 rings (SSSR count). The molecule has 4 nitrogen and oxygen atoms in total. The van der Waals surface area contributed by atoms with E-state index in [-0.39, 0.29) is 5.73 Å². The van der Waals surface area contributed by atoms with Gasteiger partial charge in [-0.25, -0.2) is 0 Å². The molecule has 0 bridgehead atoms. The summed E-state index contributed by atoms with van der Waals surface area (Å²) in [5.74, 6) is 1.98. The molecule has 22 heavy (non-hydrogen) atoms. The van der Waals surface area contributed by atoms with Crippen LogP contribution in [0.2, 0.25) is 39.3 Å². The molecule has 0 N–H and O–H groups in total. The Morgan fingerprint density at radius 2 is 1.23 bits per heavy atom. The van der Waals surface area contributed by atoms with E-state index in [1.165, 1.54) is 0 Å². The number of rotatable bonds is 7. The molecule has 1 atom stereocenters. The molecule has 0 aliphatic heterocycles. The summed E-state index contributed by atoms with van der Waals surface area (Å²) in [5, 5.41) is 0. The van der Waals surface area contributed by atoms with Gasteiger partial charge in [0.15, 0.2) is 19.8 Å². The Bertz CT molecular complexity index is 479. The quantitative estimate of drug-likeness (QED) is 0.685. The predicted molar refractivity (Wildman–Crippen MR) is 96.6 cm³/mol. The van der Waals surface area contributed by atoms with E-state index in [0.29, 0.717) is 17.2 Å². The third-order valence-corrected chi connectivity index (χ3v) is 6.45. The largest absolute Gasteiger partial charge is 0.493 e. The van der Waals surface area contributed by atoms with Gasteiger partial charge >= 0.3 is 0 Å². The number of benzene rings is 1. The molecule has 0 radical (unpaired) electrons. The van der Waals surface area contributed by atoms with Gasteiger partial charge in [0.2, 0.25) is 5.75 Å². The van der Waals surface area contributed by atoms with Crippen molar-refractivity contribution in [3.8, 4) is 17.2 Å². The summed E-state index contributed by atoms with van der Waals surface area (Å²) in [4.78, 5) is 0. The topological polar surface area (TPSA) is 36.9 Å². The average molecular weight is 343 g/mol. The monoisotopic (exact) mass is 342 g/mol. The third kappa shape index (κ3) is 4.76. The molecule has 0 spiro atoms. The third-order valence-electron chi connectivity index (χ3n) is 3.25. The van der Waals surface area contributed by atoms with E-state index in [1.54, 1.807) is 21.3 Å². The van der Waals surface area contributed by atoms with E-state index in [4.69, 9.17) is 18.6 Å². The van der Waals surface area contributed by atoms with Crippen LogP contribution in [-0.2, 0) is 4.43 Å². The van der Waals surface area contributed by atoms with Crippen molar-refractivity contribution in [2.75, 3.05) is 21.3 Å². The van der Waals surface area contributed by atoms with Gasteiger partial charge < -0.3 is 18.6 Å². The van der Waals surface area contributed by atoms with Crippen LogP contribution in [0.5, 0.6) is 17.2 Å². The zero-order chi connectivity index (χ0) is 17.1. The standard InChI is InChI=1S/C16H30O4Si2/c1-17-13-10-12(11-14(18-2)15(13)19-3)16(21(4,5)6)20-22(7,8)9/h10-11,16H,1-9H3. The Kier molecular flexibility index (Phi) is 6.12. The number of hydrogen-bond donors (Lipinski definition) is 0. The van der Waals surface area contributed by atoms with Crippen LogP contribution in [-0.4, -0.2) is 37.7 Å². The predicted octanol–water partition coefficient (Wildman–Crippen LogP) is 4.48. The summed E-state index contributed by atoms with van der Waals surface area (Å²) in [6, 6.07) is 4.04. The zero-order valence-corrected chi connectivity index (χ0v) is 17.4. The minimum Gasteiger partial charge on any atom is -0.493 e. The van der Waals surface area contributed by atoms with Crippen LogP contribution in [0.4, 0.5) is 0 Å². The summed E-state index contributed by atoms with van der Waals surface area (Å²) < 4.78 is 22.9. The molecule has 1 unspecified atom stereocenters. The van der Waals surface area contributed by atoms with E-state index in [2.05, 4.69) is 39.3 Å². The molecule has 0 amide bonds. The fourth-order valence-electron chi connectivity index (χ4n) is 2.35. The van der Waals surface area contributed by atoms with E-state index in [9.17, 15) is 0 Å². The maximum atomic E-state index is 6.51. The van der Waals surface area contributed by atoms with Gasteiger partial charge in [0, 0.05) is 0 Å². The first-order valence-corrected chi connectivity index (χ1v) is 14.5. The molecule has 1 aromatic carbocycles. The maximum absolute atomic E-state index is 6.51. The molecule has 0 saturated carbocycles. The smallest absolute Gasteiger partial charge is 0.203 e. The molecule has 0 fully saturated rings. The van der Waals surface area contributed by atoms with Gasteiger partial charge in [-0.05, 0) is 37.3 Å².